The van der Waals surface area contributed by atoms with Crippen molar-refractivity contribution in [2.24, 2.45) is 5.41 Å². The fraction of sp³-hybridized carbons (Fsp3) is 0.250. The van der Waals surface area contributed by atoms with Gasteiger partial charge in [-0.15, -0.1) is 0 Å². The second-order valence-corrected chi connectivity index (χ2v) is 9.50. The Morgan fingerprint density at radius 1 is 0.933 bits per heavy atom. The fourth-order valence-corrected chi connectivity index (χ4v) is 5.45. The molecule has 0 spiro atoms. The molecule has 0 aromatic heterocycles. The number of hydrogen-bond acceptors (Lipinski definition) is 2. The van der Waals surface area contributed by atoms with Gasteiger partial charge in [-0.05, 0) is 62.6 Å². The van der Waals surface area contributed by atoms with Crippen molar-refractivity contribution in [3.05, 3.63) is 94.6 Å². The summed E-state index contributed by atoms with van der Waals surface area (Å²) in [4.78, 5) is 15.7. The number of anilines is 1. The maximum Gasteiger partial charge on any atom is 0.168 e. The normalized spacial score (nSPS) is 19.1. The summed E-state index contributed by atoms with van der Waals surface area (Å²) in [5.41, 5.74) is 8.68. The minimum absolute atomic E-state index is 0.0566. The molecule has 0 radical (unpaired) electrons. The third-order valence-electron chi connectivity index (χ3n) is 7.17. The van der Waals surface area contributed by atoms with Gasteiger partial charge in [-0.1, -0.05) is 68.5 Å². The number of benzene rings is 3. The Kier molecular flexibility index (Phi) is 3.65. The second-order valence-electron chi connectivity index (χ2n) is 9.50. The van der Waals surface area contributed by atoms with E-state index >= 15 is 0 Å². The second kappa shape index (κ2) is 6.18. The van der Waals surface area contributed by atoms with Gasteiger partial charge in [-0.2, -0.15) is 0 Å². The summed E-state index contributed by atoms with van der Waals surface area (Å²) in [6, 6.07) is 19.6. The van der Waals surface area contributed by atoms with Gasteiger partial charge >= 0.3 is 0 Å². The molecule has 0 fully saturated rings. The van der Waals surface area contributed by atoms with Crippen molar-refractivity contribution in [2.75, 3.05) is 4.90 Å². The Labute approximate surface area is 177 Å². The van der Waals surface area contributed by atoms with Crippen molar-refractivity contribution in [2.45, 2.75) is 39.8 Å². The van der Waals surface area contributed by atoms with Gasteiger partial charge in [0.25, 0.3) is 0 Å². The van der Waals surface area contributed by atoms with Crippen molar-refractivity contribution in [3.8, 4) is 0 Å². The summed E-state index contributed by atoms with van der Waals surface area (Å²) < 4.78 is 0. The number of allylic oxidation sites excluding steroid dienone is 4. The predicted molar refractivity (Wildman–Crippen MR) is 124 cm³/mol. The number of carbonyl (C=O) groups excluding carboxylic acids is 1. The standard InChI is InChI=1S/C28H25NO/c1-28(2)13-5-8-23-24-11-9-18-14-21(29-16-19-6-3-4-7-20(19)17-29)10-12-22(18)27(24)26(30)15-25(23)28/h3-12,14H,13,15-17H2,1-2H3. The zero-order valence-corrected chi connectivity index (χ0v) is 17.5. The van der Waals surface area contributed by atoms with Crippen LogP contribution in [0.3, 0.4) is 0 Å². The highest BCUT2D eigenvalue weighted by Crippen LogP contribution is 2.47. The number of Topliss-reactive ketones (excluding diaryl/α,β-unsaturated/α-hetero) is 1. The molecule has 148 valence electrons. The van der Waals surface area contributed by atoms with Crippen LogP contribution >= 0.6 is 0 Å². The van der Waals surface area contributed by atoms with Crippen LogP contribution in [0.1, 0.15) is 53.7 Å². The number of rotatable bonds is 1. The summed E-state index contributed by atoms with van der Waals surface area (Å²) in [6.45, 7) is 6.40. The SMILES string of the molecule is CC1(C)CC=CC2=C1CC(=O)c1c2ccc2cc(N3Cc4ccccc4C3)ccc12. The summed E-state index contributed by atoms with van der Waals surface area (Å²) in [7, 11) is 0. The smallest absolute Gasteiger partial charge is 0.168 e. The topological polar surface area (TPSA) is 20.3 Å². The predicted octanol–water partition coefficient (Wildman–Crippen LogP) is 6.69. The minimum Gasteiger partial charge on any atom is -0.363 e. The van der Waals surface area contributed by atoms with Crippen LogP contribution < -0.4 is 4.90 Å². The molecule has 0 unspecified atom stereocenters. The van der Waals surface area contributed by atoms with E-state index in [2.05, 4.69) is 85.5 Å². The van der Waals surface area contributed by atoms with Gasteiger partial charge in [-0.25, -0.2) is 0 Å². The van der Waals surface area contributed by atoms with Crippen LogP contribution in [0.15, 0.2) is 72.3 Å². The zero-order valence-electron chi connectivity index (χ0n) is 17.5. The summed E-state index contributed by atoms with van der Waals surface area (Å²) in [5, 5.41) is 2.24. The third-order valence-corrected chi connectivity index (χ3v) is 7.17. The Bertz CT molecular complexity index is 1270. The molecule has 2 heteroatoms. The van der Waals surface area contributed by atoms with E-state index in [1.165, 1.54) is 28.0 Å². The molecule has 0 bridgehead atoms. The van der Waals surface area contributed by atoms with E-state index in [-0.39, 0.29) is 11.2 Å². The van der Waals surface area contributed by atoms with Crippen LogP contribution in [0, 0.1) is 5.41 Å². The van der Waals surface area contributed by atoms with Gasteiger partial charge < -0.3 is 4.90 Å². The Hall–Kier alpha value is -3.13. The monoisotopic (exact) mass is 391 g/mol. The van der Waals surface area contributed by atoms with Crippen LogP contribution in [0.5, 0.6) is 0 Å². The van der Waals surface area contributed by atoms with Crippen molar-refractivity contribution >= 4 is 27.8 Å². The van der Waals surface area contributed by atoms with Crippen LogP contribution in [-0.4, -0.2) is 5.78 Å². The van der Waals surface area contributed by atoms with Gasteiger partial charge in [0.05, 0.1) is 0 Å². The summed E-state index contributed by atoms with van der Waals surface area (Å²) in [5.74, 6) is 0.263. The first-order chi connectivity index (χ1) is 14.5. The first-order valence-corrected chi connectivity index (χ1v) is 10.8. The largest absolute Gasteiger partial charge is 0.363 e. The average Bonchev–Trinajstić information content (AvgIpc) is 3.18. The molecular weight excluding hydrogens is 366 g/mol. The van der Waals surface area contributed by atoms with Crippen molar-refractivity contribution in [1.82, 2.24) is 0 Å². The van der Waals surface area contributed by atoms with E-state index in [0.29, 0.717) is 6.42 Å². The molecule has 2 nitrogen and oxygen atoms in total. The lowest BCUT2D eigenvalue weighted by Gasteiger charge is -2.35. The van der Waals surface area contributed by atoms with E-state index in [0.717, 1.165) is 41.4 Å². The molecule has 6 rings (SSSR count). The fourth-order valence-electron chi connectivity index (χ4n) is 5.45. The lowest BCUT2D eigenvalue weighted by molar-refractivity contribution is 0.0985. The summed E-state index contributed by atoms with van der Waals surface area (Å²) >= 11 is 0. The lowest BCUT2D eigenvalue weighted by Crippen LogP contribution is -2.24. The highest BCUT2D eigenvalue weighted by atomic mass is 16.1. The van der Waals surface area contributed by atoms with Crippen LogP contribution in [0.4, 0.5) is 5.69 Å². The van der Waals surface area contributed by atoms with Crippen LogP contribution in [0.2, 0.25) is 0 Å². The average molecular weight is 392 g/mol. The molecule has 0 saturated carbocycles. The highest BCUT2D eigenvalue weighted by Gasteiger charge is 2.35. The third kappa shape index (κ3) is 2.53. The first kappa shape index (κ1) is 17.7. The Balaban J connectivity index is 1.45. The maximum absolute atomic E-state index is 13.3. The minimum atomic E-state index is 0.0566. The van der Waals surface area contributed by atoms with Gasteiger partial charge in [0, 0.05) is 30.8 Å². The number of fused-ring (bicyclic) bond motifs is 5. The van der Waals surface area contributed by atoms with E-state index < -0.39 is 0 Å². The Morgan fingerprint density at radius 3 is 2.47 bits per heavy atom. The molecule has 3 aromatic carbocycles. The number of carbonyl (C=O) groups is 1. The molecule has 1 aliphatic heterocycles. The number of ketones is 1. The number of hydrogen-bond donors (Lipinski definition) is 0. The lowest BCUT2D eigenvalue weighted by atomic mass is 9.68. The molecule has 3 aromatic rings. The van der Waals surface area contributed by atoms with Gasteiger partial charge in [0.2, 0.25) is 0 Å². The van der Waals surface area contributed by atoms with E-state index in [1.54, 1.807) is 0 Å². The molecule has 0 atom stereocenters. The van der Waals surface area contributed by atoms with Gasteiger partial charge in [0.1, 0.15) is 0 Å². The molecule has 2 aliphatic carbocycles. The molecule has 30 heavy (non-hydrogen) atoms. The molecular formula is C28H25NO. The van der Waals surface area contributed by atoms with Gasteiger partial charge in [-0.3, -0.25) is 4.79 Å². The van der Waals surface area contributed by atoms with E-state index in [9.17, 15) is 4.79 Å². The molecule has 0 saturated heterocycles. The molecule has 0 N–H and O–H groups in total. The van der Waals surface area contributed by atoms with Crippen LogP contribution in [0.25, 0.3) is 16.3 Å². The zero-order chi connectivity index (χ0) is 20.5. The quantitative estimate of drug-likeness (QED) is 0.461. The molecule has 0 amide bonds. The number of nitrogens with zero attached hydrogens (tertiary/aromatic N) is 1. The van der Waals surface area contributed by atoms with Crippen molar-refractivity contribution < 1.29 is 4.79 Å². The first-order valence-electron chi connectivity index (χ1n) is 10.8. The molecule has 1 heterocycles. The van der Waals surface area contributed by atoms with E-state index in [4.69, 9.17) is 0 Å². The highest BCUT2D eigenvalue weighted by molar-refractivity contribution is 6.16. The Morgan fingerprint density at radius 2 is 1.70 bits per heavy atom. The van der Waals surface area contributed by atoms with Crippen molar-refractivity contribution in [3.63, 3.8) is 0 Å². The van der Waals surface area contributed by atoms with Crippen LogP contribution in [-0.2, 0) is 13.1 Å². The summed E-state index contributed by atoms with van der Waals surface area (Å²) in [6.07, 6.45) is 6.04. The maximum atomic E-state index is 13.3. The van der Waals surface area contributed by atoms with Gasteiger partial charge in [0.15, 0.2) is 5.78 Å². The van der Waals surface area contributed by atoms with Crippen molar-refractivity contribution in [1.29, 1.82) is 0 Å². The molecule has 3 aliphatic rings. The van der Waals surface area contributed by atoms with E-state index in [1.807, 2.05) is 0 Å².